The number of rotatable bonds is 3. The molecule has 0 aliphatic carbocycles. The van der Waals surface area contributed by atoms with Crippen molar-refractivity contribution in [2.75, 3.05) is 7.11 Å². The molecule has 1 rings (SSSR count). The zero-order valence-corrected chi connectivity index (χ0v) is 8.86. The lowest BCUT2D eigenvalue weighted by Gasteiger charge is -2.00. The highest BCUT2D eigenvalue weighted by atomic mass is 79.9. The first-order valence-electron chi connectivity index (χ1n) is 3.87. The molecule has 0 aliphatic heterocycles. The first-order chi connectivity index (χ1) is 6.22. The molecule has 0 amide bonds. The van der Waals surface area contributed by atoms with E-state index in [1.54, 1.807) is 12.2 Å². The van der Waals surface area contributed by atoms with Crippen LogP contribution in [0.25, 0.3) is 6.08 Å². The Morgan fingerprint density at radius 2 is 2.00 bits per heavy atom. The molecule has 0 saturated carbocycles. The van der Waals surface area contributed by atoms with Gasteiger partial charge in [0, 0.05) is 11.6 Å². The summed E-state index contributed by atoms with van der Waals surface area (Å²) in [5.74, 6) is 0. The zero-order valence-electron chi connectivity index (χ0n) is 7.27. The van der Waals surface area contributed by atoms with Gasteiger partial charge >= 0.3 is 0 Å². The van der Waals surface area contributed by atoms with Crippen molar-refractivity contribution in [2.24, 2.45) is 0 Å². The average Bonchev–Trinajstić information content (AvgIpc) is 2.16. The quantitative estimate of drug-likeness (QED) is 0.826. The van der Waals surface area contributed by atoms with E-state index in [4.69, 9.17) is 5.11 Å². The monoisotopic (exact) mass is 242 g/mol. The van der Waals surface area contributed by atoms with Crippen molar-refractivity contribution in [3.8, 4) is 0 Å². The molecule has 0 aromatic heterocycles. The number of aliphatic hydroxyl groups is 1. The summed E-state index contributed by atoms with van der Waals surface area (Å²) in [6, 6.07) is 7.78. The topological polar surface area (TPSA) is 29.5 Å². The van der Waals surface area contributed by atoms with E-state index in [1.807, 2.05) is 24.3 Å². The highest BCUT2D eigenvalue weighted by molar-refractivity contribution is 9.10. The van der Waals surface area contributed by atoms with Crippen molar-refractivity contribution < 1.29 is 9.84 Å². The molecule has 1 N–H and O–H groups in total. The first-order valence-corrected chi connectivity index (χ1v) is 4.66. The molecule has 0 saturated heterocycles. The van der Waals surface area contributed by atoms with Gasteiger partial charge < -0.3 is 9.84 Å². The highest BCUT2D eigenvalue weighted by Gasteiger charge is 1.92. The summed E-state index contributed by atoms with van der Waals surface area (Å²) >= 11 is 3.34. The lowest BCUT2D eigenvalue weighted by molar-refractivity contribution is -0.0350. The van der Waals surface area contributed by atoms with Crippen LogP contribution in [0, 0.1) is 0 Å². The fourth-order valence-electron chi connectivity index (χ4n) is 0.846. The van der Waals surface area contributed by atoms with Crippen LogP contribution in [-0.2, 0) is 4.74 Å². The molecule has 1 unspecified atom stereocenters. The molecule has 0 spiro atoms. The number of aliphatic hydroxyl groups excluding tert-OH is 1. The SMILES string of the molecule is COC(O)/C=C/c1ccc(Br)cc1. The minimum atomic E-state index is -0.830. The van der Waals surface area contributed by atoms with Gasteiger partial charge in [-0.15, -0.1) is 0 Å². The standard InChI is InChI=1S/C10H11BrO2/c1-13-10(12)7-4-8-2-5-9(11)6-3-8/h2-7,10,12H,1H3/b7-4+. The van der Waals surface area contributed by atoms with Crippen LogP contribution >= 0.6 is 15.9 Å². The van der Waals surface area contributed by atoms with Gasteiger partial charge in [-0.3, -0.25) is 0 Å². The number of halogens is 1. The van der Waals surface area contributed by atoms with Gasteiger partial charge in [-0.1, -0.05) is 34.1 Å². The maximum Gasteiger partial charge on any atom is 0.174 e. The van der Waals surface area contributed by atoms with Gasteiger partial charge in [0.2, 0.25) is 0 Å². The van der Waals surface area contributed by atoms with Crippen molar-refractivity contribution in [3.05, 3.63) is 40.4 Å². The number of hydrogen-bond acceptors (Lipinski definition) is 2. The van der Waals surface area contributed by atoms with Gasteiger partial charge in [0.05, 0.1) is 0 Å². The second-order valence-corrected chi connectivity index (χ2v) is 3.45. The molecular weight excluding hydrogens is 232 g/mol. The van der Waals surface area contributed by atoms with Crippen LogP contribution in [0.4, 0.5) is 0 Å². The van der Waals surface area contributed by atoms with E-state index in [-0.39, 0.29) is 0 Å². The summed E-state index contributed by atoms with van der Waals surface area (Å²) in [5, 5.41) is 9.06. The van der Waals surface area contributed by atoms with Crippen molar-refractivity contribution in [2.45, 2.75) is 6.29 Å². The van der Waals surface area contributed by atoms with Gasteiger partial charge in [-0.25, -0.2) is 0 Å². The fourth-order valence-corrected chi connectivity index (χ4v) is 1.11. The van der Waals surface area contributed by atoms with Crippen molar-refractivity contribution in [3.63, 3.8) is 0 Å². The molecule has 0 fully saturated rings. The Hall–Kier alpha value is -0.640. The summed E-state index contributed by atoms with van der Waals surface area (Å²) in [5.41, 5.74) is 1.03. The predicted octanol–water partition coefficient (Wildman–Crippen LogP) is 2.43. The summed E-state index contributed by atoms with van der Waals surface area (Å²) in [6.45, 7) is 0. The van der Waals surface area contributed by atoms with Crippen LogP contribution in [0.15, 0.2) is 34.8 Å². The van der Waals surface area contributed by atoms with Crippen molar-refractivity contribution in [1.82, 2.24) is 0 Å². The van der Waals surface area contributed by atoms with Crippen LogP contribution in [0.2, 0.25) is 0 Å². The van der Waals surface area contributed by atoms with Crippen LogP contribution in [0.1, 0.15) is 5.56 Å². The maximum atomic E-state index is 9.06. The lowest BCUT2D eigenvalue weighted by atomic mass is 10.2. The van der Waals surface area contributed by atoms with Gasteiger partial charge in [-0.2, -0.15) is 0 Å². The summed E-state index contributed by atoms with van der Waals surface area (Å²) < 4.78 is 5.69. The number of benzene rings is 1. The molecule has 2 nitrogen and oxygen atoms in total. The third-order valence-electron chi connectivity index (χ3n) is 1.56. The third kappa shape index (κ3) is 3.72. The number of ether oxygens (including phenoxy) is 1. The largest absolute Gasteiger partial charge is 0.365 e. The predicted molar refractivity (Wildman–Crippen MR) is 56.2 cm³/mol. The Balaban J connectivity index is 2.64. The zero-order chi connectivity index (χ0) is 9.68. The second kappa shape index (κ2) is 5.17. The summed E-state index contributed by atoms with van der Waals surface area (Å²) in [7, 11) is 1.45. The molecule has 13 heavy (non-hydrogen) atoms. The Kier molecular flexibility index (Phi) is 4.15. The Morgan fingerprint density at radius 1 is 1.38 bits per heavy atom. The van der Waals surface area contributed by atoms with Crippen LogP contribution in [0.3, 0.4) is 0 Å². The third-order valence-corrected chi connectivity index (χ3v) is 2.09. The first kappa shape index (κ1) is 10.4. The van der Waals surface area contributed by atoms with Crippen LogP contribution in [-0.4, -0.2) is 18.5 Å². The Labute approximate surface area is 86.0 Å². The van der Waals surface area contributed by atoms with E-state index in [0.29, 0.717) is 0 Å². The van der Waals surface area contributed by atoms with E-state index in [1.165, 1.54) is 7.11 Å². The minimum Gasteiger partial charge on any atom is -0.365 e. The van der Waals surface area contributed by atoms with Gasteiger partial charge in [0.25, 0.3) is 0 Å². The van der Waals surface area contributed by atoms with Crippen molar-refractivity contribution >= 4 is 22.0 Å². The normalized spacial score (nSPS) is 13.5. The molecule has 1 aromatic rings. The smallest absolute Gasteiger partial charge is 0.174 e. The molecule has 0 bridgehead atoms. The Bertz CT molecular complexity index is 279. The Morgan fingerprint density at radius 3 is 2.54 bits per heavy atom. The molecule has 3 heteroatoms. The second-order valence-electron chi connectivity index (χ2n) is 2.54. The molecule has 70 valence electrons. The molecule has 1 aromatic carbocycles. The lowest BCUT2D eigenvalue weighted by Crippen LogP contribution is -2.03. The minimum absolute atomic E-state index is 0.830. The van der Waals surface area contributed by atoms with E-state index in [9.17, 15) is 0 Å². The van der Waals surface area contributed by atoms with Gasteiger partial charge in [-0.05, 0) is 23.8 Å². The summed E-state index contributed by atoms with van der Waals surface area (Å²) in [6.07, 6.45) is 2.56. The van der Waals surface area contributed by atoms with E-state index in [0.717, 1.165) is 10.0 Å². The molecular formula is C10H11BrO2. The fraction of sp³-hybridized carbons (Fsp3) is 0.200. The number of methoxy groups -OCH3 is 1. The van der Waals surface area contributed by atoms with Gasteiger partial charge in [0.1, 0.15) is 0 Å². The van der Waals surface area contributed by atoms with Crippen LogP contribution in [0.5, 0.6) is 0 Å². The number of hydrogen-bond donors (Lipinski definition) is 1. The average molecular weight is 243 g/mol. The molecule has 1 atom stereocenters. The highest BCUT2D eigenvalue weighted by Crippen LogP contribution is 2.11. The van der Waals surface area contributed by atoms with E-state index in [2.05, 4.69) is 20.7 Å². The van der Waals surface area contributed by atoms with Gasteiger partial charge in [0.15, 0.2) is 6.29 Å². The van der Waals surface area contributed by atoms with E-state index < -0.39 is 6.29 Å². The van der Waals surface area contributed by atoms with Crippen LogP contribution < -0.4 is 0 Å². The van der Waals surface area contributed by atoms with Crippen molar-refractivity contribution in [1.29, 1.82) is 0 Å². The van der Waals surface area contributed by atoms with E-state index >= 15 is 0 Å². The summed E-state index contributed by atoms with van der Waals surface area (Å²) in [4.78, 5) is 0. The maximum absolute atomic E-state index is 9.06. The molecule has 0 aliphatic rings. The molecule has 0 radical (unpaired) electrons. The molecule has 0 heterocycles.